The summed E-state index contributed by atoms with van der Waals surface area (Å²) in [6, 6.07) is 15.8. The maximum atomic E-state index is 13.1. The van der Waals surface area contributed by atoms with Crippen LogP contribution in [0.1, 0.15) is 0 Å². The third-order valence-corrected chi connectivity index (χ3v) is 3.68. The number of hydrogen-bond acceptors (Lipinski definition) is 0. The highest BCUT2D eigenvalue weighted by Gasteiger charge is 2.08. The largest absolute Gasteiger partial charge is 0.207 e. The third-order valence-electron chi connectivity index (χ3n) is 3.05. The molecule has 0 N–H and O–H groups in total. The van der Waals surface area contributed by atoms with Crippen molar-refractivity contribution >= 4 is 34.0 Å². The minimum atomic E-state index is -0.240. The van der Waals surface area contributed by atoms with Crippen molar-refractivity contribution in [3.63, 3.8) is 0 Å². The SMILES string of the molecule is Fc1ccc2cc(-c3c(Cl)cccc3Cl)ccc2c1. The minimum absolute atomic E-state index is 0.240. The highest BCUT2D eigenvalue weighted by Crippen LogP contribution is 2.35. The molecule has 0 unspecified atom stereocenters. The lowest BCUT2D eigenvalue weighted by Crippen LogP contribution is -1.83. The fourth-order valence-corrected chi connectivity index (χ4v) is 2.76. The second kappa shape index (κ2) is 4.84. The summed E-state index contributed by atoms with van der Waals surface area (Å²) in [6.45, 7) is 0. The molecule has 0 fully saturated rings. The average molecular weight is 291 g/mol. The summed E-state index contributed by atoms with van der Waals surface area (Å²) in [5, 5.41) is 3.02. The summed E-state index contributed by atoms with van der Waals surface area (Å²) >= 11 is 12.4. The summed E-state index contributed by atoms with van der Waals surface area (Å²) in [5.41, 5.74) is 1.73. The monoisotopic (exact) mass is 290 g/mol. The van der Waals surface area contributed by atoms with Gasteiger partial charge in [-0.15, -0.1) is 0 Å². The van der Waals surface area contributed by atoms with Gasteiger partial charge in [0.1, 0.15) is 5.82 Å². The molecule has 0 heterocycles. The van der Waals surface area contributed by atoms with E-state index in [9.17, 15) is 4.39 Å². The van der Waals surface area contributed by atoms with Crippen molar-refractivity contribution in [3.05, 3.63) is 70.5 Å². The van der Waals surface area contributed by atoms with Crippen molar-refractivity contribution in [2.75, 3.05) is 0 Å². The molecule has 0 aliphatic carbocycles. The molecule has 0 atom stereocenters. The average Bonchev–Trinajstić information content (AvgIpc) is 2.38. The molecule has 0 nitrogen and oxygen atoms in total. The Morgan fingerprint density at radius 2 is 1.37 bits per heavy atom. The Labute approximate surface area is 120 Å². The van der Waals surface area contributed by atoms with E-state index in [1.807, 2.05) is 24.3 Å². The summed E-state index contributed by atoms with van der Waals surface area (Å²) in [5.74, 6) is -0.240. The summed E-state index contributed by atoms with van der Waals surface area (Å²) in [4.78, 5) is 0. The Balaban J connectivity index is 2.24. The zero-order valence-electron chi connectivity index (χ0n) is 9.83. The molecule has 0 saturated carbocycles. The van der Waals surface area contributed by atoms with Gasteiger partial charge in [-0.2, -0.15) is 0 Å². The van der Waals surface area contributed by atoms with Crippen LogP contribution in [-0.4, -0.2) is 0 Å². The standard InChI is InChI=1S/C16H9Cl2F/c17-14-2-1-3-15(18)16(14)12-5-4-11-9-13(19)7-6-10(11)8-12/h1-9H. The van der Waals surface area contributed by atoms with E-state index >= 15 is 0 Å². The predicted octanol–water partition coefficient (Wildman–Crippen LogP) is 5.95. The highest BCUT2D eigenvalue weighted by molar-refractivity contribution is 6.39. The van der Waals surface area contributed by atoms with Crippen LogP contribution in [0, 0.1) is 5.82 Å². The van der Waals surface area contributed by atoms with E-state index in [-0.39, 0.29) is 5.82 Å². The fraction of sp³-hybridized carbons (Fsp3) is 0. The highest BCUT2D eigenvalue weighted by atomic mass is 35.5. The number of benzene rings is 3. The van der Waals surface area contributed by atoms with E-state index in [2.05, 4.69) is 0 Å². The molecule has 3 heteroatoms. The van der Waals surface area contributed by atoms with Crippen molar-refractivity contribution in [2.45, 2.75) is 0 Å². The number of halogens is 3. The van der Waals surface area contributed by atoms with Gasteiger partial charge in [-0.3, -0.25) is 0 Å². The molecule has 0 amide bonds. The third kappa shape index (κ3) is 2.32. The van der Waals surface area contributed by atoms with Gasteiger partial charge in [0.15, 0.2) is 0 Å². The molecule has 94 valence electrons. The van der Waals surface area contributed by atoms with Crippen molar-refractivity contribution in [2.24, 2.45) is 0 Å². The Kier molecular flexibility index (Phi) is 3.17. The van der Waals surface area contributed by atoms with Gasteiger partial charge >= 0.3 is 0 Å². The van der Waals surface area contributed by atoms with Crippen LogP contribution in [0.5, 0.6) is 0 Å². The molecule has 0 aromatic heterocycles. The van der Waals surface area contributed by atoms with E-state index < -0.39 is 0 Å². The maximum absolute atomic E-state index is 13.1. The number of rotatable bonds is 1. The fourth-order valence-electron chi connectivity index (χ4n) is 2.15. The molecule has 3 aromatic carbocycles. The number of hydrogen-bond donors (Lipinski definition) is 0. The maximum Gasteiger partial charge on any atom is 0.123 e. The summed E-state index contributed by atoms with van der Waals surface area (Å²) in [7, 11) is 0. The first-order valence-electron chi connectivity index (χ1n) is 5.79. The lowest BCUT2D eigenvalue weighted by Gasteiger charge is -2.08. The van der Waals surface area contributed by atoms with Crippen LogP contribution < -0.4 is 0 Å². The molecule has 3 rings (SSSR count). The van der Waals surface area contributed by atoms with Gasteiger partial charge in [-0.1, -0.05) is 47.5 Å². The van der Waals surface area contributed by atoms with E-state index in [1.165, 1.54) is 12.1 Å². The Hall–Kier alpha value is -1.57. The lowest BCUT2D eigenvalue weighted by atomic mass is 10.0. The van der Waals surface area contributed by atoms with Crippen LogP contribution in [0.4, 0.5) is 4.39 Å². The first-order chi connectivity index (χ1) is 9.15. The predicted molar refractivity (Wildman–Crippen MR) is 79.4 cm³/mol. The van der Waals surface area contributed by atoms with Crippen molar-refractivity contribution in [1.29, 1.82) is 0 Å². The molecule has 0 spiro atoms. The topological polar surface area (TPSA) is 0 Å². The van der Waals surface area contributed by atoms with Crippen molar-refractivity contribution in [3.8, 4) is 11.1 Å². The molecule has 0 saturated heterocycles. The summed E-state index contributed by atoms with van der Waals surface area (Å²) < 4.78 is 13.1. The molecule has 0 aliphatic heterocycles. The first kappa shape index (κ1) is 12.5. The van der Waals surface area contributed by atoms with Crippen LogP contribution in [0.25, 0.3) is 21.9 Å². The van der Waals surface area contributed by atoms with Crippen molar-refractivity contribution < 1.29 is 4.39 Å². The lowest BCUT2D eigenvalue weighted by molar-refractivity contribution is 0.630. The molecule has 19 heavy (non-hydrogen) atoms. The minimum Gasteiger partial charge on any atom is -0.207 e. The van der Waals surface area contributed by atoms with E-state index in [0.717, 1.165) is 21.9 Å². The van der Waals surface area contributed by atoms with E-state index in [1.54, 1.807) is 18.2 Å². The first-order valence-corrected chi connectivity index (χ1v) is 6.54. The van der Waals surface area contributed by atoms with Gasteiger partial charge in [0.05, 0.1) is 0 Å². The number of fused-ring (bicyclic) bond motifs is 1. The van der Waals surface area contributed by atoms with Crippen LogP contribution in [0.2, 0.25) is 10.0 Å². The van der Waals surface area contributed by atoms with Crippen LogP contribution in [-0.2, 0) is 0 Å². The van der Waals surface area contributed by atoms with Gasteiger partial charge in [0.25, 0.3) is 0 Å². The molecular formula is C16H9Cl2F. The zero-order chi connectivity index (χ0) is 13.4. The Morgan fingerprint density at radius 1 is 0.737 bits per heavy atom. The van der Waals surface area contributed by atoms with E-state index in [0.29, 0.717) is 10.0 Å². The smallest absolute Gasteiger partial charge is 0.123 e. The Bertz CT molecular complexity index is 746. The van der Waals surface area contributed by atoms with Crippen LogP contribution in [0.15, 0.2) is 54.6 Å². The van der Waals surface area contributed by atoms with Crippen LogP contribution in [0.3, 0.4) is 0 Å². The van der Waals surface area contributed by atoms with Gasteiger partial charge in [0.2, 0.25) is 0 Å². The quantitative estimate of drug-likeness (QED) is 0.519. The van der Waals surface area contributed by atoms with Crippen LogP contribution >= 0.6 is 23.2 Å². The molecule has 3 aromatic rings. The molecule has 0 radical (unpaired) electrons. The van der Waals surface area contributed by atoms with E-state index in [4.69, 9.17) is 23.2 Å². The van der Waals surface area contributed by atoms with Gasteiger partial charge in [-0.05, 0) is 46.7 Å². The second-order valence-electron chi connectivity index (χ2n) is 4.30. The zero-order valence-corrected chi connectivity index (χ0v) is 11.3. The van der Waals surface area contributed by atoms with Gasteiger partial charge < -0.3 is 0 Å². The molecule has 0 aliphatic rings. The molecular weight excluding hydrogens is 282 g/mol. The van der Waals surface area contributed by atoms with Gasteiger partial charge in [0, 0.05) is 15.6 Å². The van der Waals surface area contributed by atoms with Crippen molar-refractivity contribution in [1.82, 2.24) is 0 Å². The summed E-state index contributed by atoms with van der Waals surface area (Å²) in [6.07, 6.45) is 0. The second-order valence-corrected chi connectivity index (χ2v) is 5.12. The van der Waals surface area contributed by atoms with Gasteiger partial charge in [-0.25, -0.2) is 4.39 Å². The Morgan fingerprint density at radius 3 is 2.11 bits per heavy atom. The normalized spacial score (nSPS) is 10.9. The molecule has 0 bridgehead atoms.